The van der Waals surface area contributed by atoms with Gasteiger partial charge in [0.25, 0.3) is 0 Å². The second-order valence-corrected chi connectivity index (χ2v) is 6.78. The molecule has 0 bridgehead atoms. The molecular formula is C18H21N3O4S. The Morgan fingerprint density at radius 3 is 2.65 bits per heavy atom. The Bertz CT molecular complexity index is 771. The first kappa shape index (κ1) is 18.3. The average molecular weight is 375 g/mol. The van der Waals surface area contributed by atoms with Gasteiger partial charge in [0.15, 0.2) is 10.7 Å². The second kappa shape index (κ2) is 7.82. The summed E-state index contributed by atoms with van der Waals surface area (Å²) in [5.41, 5.74) is 1.67. The first-order valence-corrected chi connectivity index (χ1v) is 9.33. The Hall–Kier alpha value is -2.48. The molecule has 0 aromatic heterocycles. The van der Waals surface area contributed by atoms with Crippen molar-refractivity contribution in [1.29, 1.82) is 0 Å². The smallest absolute Gasteiger partial charge is 0.347 e. The number of amidine groups is 1. The molecule has 2 aliphatic heterocycles. The molecule has 0 spiro atoms. The Morgan fingerprint density at radius 1 is 1.31 bits per heavy atom. The van der Waals surface area contributed by atoms with E-state index in [0.29, 0.717) is 6.04 Å². The van der Waals surface area contributed by atoms with Crippen molar-refractivity contribution in [1.82, 2.24) is 0 Å². The molecule has 1 N–H and O–H groups in total. The molecule has 1 atom stereocenters. The number of ether oxygens (including phenoxy) is 2. The maximum absolute atomic E-state index is 12.0. The molecule has 2 aliphatic rings. The highest BCUT2D eigenvalue weighted by molar-refractivity contribution is 8.14. The fourth-order valence-electron chi connectivity index (χ4n) is 2.73. The van der Waals surface area contributed by atoms with Gasteiger partial charge in [-0.1, -0.05) is 0 Å². The number of nitrogens with zero attached hydrogens (tertiary/aromatic N) is 2. The number of benzene rings is 1. The van der Waals surface area contributed by atoms with E-state index in [9.17, 15) is 9.59 Å². The number of thioether (sulfide) groups is 1. The Balaban J connectivity index is 1.81. The van der Waals surface area contributed by atoms with Crippen LogP contribution in [0.15, 0.2) is 39.9 Å². The standard InChI is InChI=1S/C18H21N3O4S/c1-4-24-16(22)13(17(23)25-5-2)10-19-12-6-7-15-14(8-12)21-11(3)9-20-18(21)26-15/h6-8,10-11,19H,4-5,9H2,1-3H3. The highest BCUT2D eigenvalue weighted by Gasteiger charge is 2.34. The second-order valence-electron chi connectivity index (χ2n) is 5.77. The number of hydrogen-bond donors (Lipinski definition) is 1. The molecule has 0 aliphatic carbocycles. The molecule has 1 unspecified atom stereocenters. The lowest BCUT2D eigenvalue weighted by molar-refractivity contribution is -0.146. The third-order valence-corrected chi connectivity index (χ3v) is 5.00. The summed E-state index contributed by atoms with van der Waals surface area (Å²) in [6.45, 7) is 6.65. The number of carbonyl (C=O) groups excluding carboxylic acids is 2. The van der Waals surface area contributed by atoms with Gasteiger partial charge in [-0.05, 0) is 50.7 Å². The van der Waals surface area contributed by atoms with Gasteiger partial charge in [0.05, 0.1) is 31.5 Å². The van der Waals surface area contributed by atoms with E-state index in [-0.39, 0.29) is 18.8 Å². The van der Waals surface area contributed by atoms with Crippen molar-refractivity contribution in [2.24, 2.45) is 4.99 Å². The van der Waals surface area contributed by atoms with Gasteiger partial charge < -0.3 is 19.7 Å². The van der Waals surface area contributed by atoms with Crippen LogP contribution in [0.4, 0.5) is 11.4 Å². The normalized spacial score (nSPS) is 17.1. The molecule has 1 aromatic rings. The van der Waals surface area contributed by atoms with E-state index in [4.69, 9.17) is 9.47 Å². The number of fused-ring (bicyclic) bond motifs is 3. The van der Waals surface area contributed by atoms with Crippen LogP contribution >= 0.6 is 11.8 Å². The van der Waals surface area contributed by atoms with Gasteiger partial charge in [-0.15, -0.1) is 0 Å². The fraction of sp³-hybridized carbons (Fsp3) is 0.389. The van der Waals surface area contributed by atoms with Crippen LogP contribution < -0.4 is 10.2 Å². The predicted octanol–water partition coefficient (Wildman–Crippen LogP) is 2.78. The molecule has 8 heteroatoms. The van der Waals surface area contributed by atoms with Crippen LogP contribution in [0.5, 0.6) is 0 Å². The molecule has 1 aromatic carbocycles. The highest BCUT2D eigenvalue weighted by atomic mass is 32.2. The Labute approximate surface area is 156 Å². The van der Waals surface area contributed by atoms with Gasteiger partial charge in [0, 0.05) is 16.8 Å². The van der Waals surface area contributed by atoms with Crippen LogP contribution in [0, 0.1) is 0 Å². The van der Waals surface area contributed by atoms with Gasteiger partial charge in [0.2, 0.25) is 0 Å². The van der Waals surface area contributed by atoms with E-state index in [1.54, 1.807) is 25.6 Å². The lowest BCUT2D eigenvalue weighted by atomic mass is 10.2. The van der Waals surface area contributed by atoms with Crippen molar-refractivity contribution in [3.8, 4) is 0 Å². The molecule has 0 fully saturated rings. The first-order valence-electron chi connectivity index (χ1n) is 8.51. The minimum absolute atomic E-state index is 0.166. The number of nitrogens with one attached hydrogen (secondary N) is 1. The van der Waals surface area contributed by atoms with E-state index in [1.165, 1.54) is 6.20 Å². The van der Waals surface area contributed by atoms with Gasteiger partial charge in [-0.25, -0.2) is 9.59 Å². The first-order chi connectivity index (χ1) is 12.5. The third-order valence-electron chi connectivity index (χ3n) is 3.93. The summed E-state index contributed by atoms with van der Waals surface area (Å²) in [4.78, 5) is 31.9. The lowest BCUT2D eigenvalue weighted by Gasteiger charge is -2.19. The van der Waals surface area contributed by atoms with Gasteiger partial charge in [-0.3, -0.25) is 4.99 Å². The minimum Gasteiger partial charge on any atom is -0.462 e. The molecule has 3 rings (SSSR count). The van der Waals surface area contributed by atoms with Crippen LogP contribution in [-0.2, 0) is 19.1 Å². The van der Waals surface area contributed by atoms with Crippen LogP contribution in [-0.4, -0.2) is 42.9 Å². The van der Waals surface area contributed by atoms with Crippen LogP contribution in [0.1, 0.15) is 20.8 Å². The fourth-order valence-corrected chi connectivity index (χ4v) is 3.84. The summed E-state index contributed by atoms with van der Waals surface area (Å²) in [6, 6.07) is 6.19. The summed E-state index contributed by atoms with van der Waals surface area (Å²) in [6.07, 6.45) is 1.34. The lowest BCUT2D eigenvalue weighted by Crippen LogP contribution is -2.30. The maximum Gasteiger partial charge on any atom is 0.347 e. The number of esters is 2. The molecular weight excluding hydrogens is 354 g/mol. The summed E-state index contributed by atoms with van der Waals surface area (Å²) in [5.74, 6) is -1.42. The van der Waals surface area contributed by atoms with Crippen LogP contribution in [0.25, 0.3) is 0 Å². The largest absolute Gasteiger partial charge is 0.462 e. The van der Waals surface area contributed by atoms with Crippen LogP contribution in [0.2, 0.25) is 0 Å². The summed E-state index contributed by atoms with van der Waals surface area (Å²) < 4.78 is 9.86. The van der Waals surface area contributed by atoms with Crippen molar-refractivity contribution >= 4 is 40.2 Å². The average Bonchev–Trinajstić information content (AvgIpc) is 3.15. The van der Waals surface area contributed by atoms with Crippen molar-refractivity contribution in [3.05, 3.63) is 30.0 Å². The van der Waals surface area contributed by atoms with E-state index in [2.05, 4.69) is 22.1 Å². The summed E-state index contributed by atoms with van der Waals surface area (Å²) >= 11 is 1.65. The van der Waals surface area contributed by atoms with E-state index >= 15 is 0 Å². The zero-order valence-electron chi connectivity index (χ0n) is 14.9. The van der Waals surface area contributed by atoms with Crippen molar-refractivity contribution in [3.63, 3.8) is 0 Å². The SMILES string of the molecule is CCOC(=O)C(=CNc1ccc2c(c1)N1C(=NCC1C)S2)C(=O)OCC. The summed E-state index contributed by atoms with van der Waals surface area (Å²) in [7, 11) is 0. The van der Waals surface area contributed by atoms with E-state index in [1.807, 2.05) is 18.2 Å². The molecule has 0 amide bonds. The van der Waals surface area contributed by atoms with Crippen molar-refractivity contribution < 1.29 is 19.1 Å². The Kier molecular flexibility index (Phi) is 5.51. The molecule has 138 valence electrons. The zero-order chi connectivity index (χ0) is 18.7. The van der Waals surface area contributed by atoms with Gasteiger partial charge >= 0.3 is 11.9 Å². The minimum atomic E-state index is -0.710. The molecule has 0 radical (unpaired) electrons. The molecule has 0 saturated heterocycles. The van der Waals surface area contributed by atoms with Crippen molar-refractivity contribution in [2.45, 2.75) is 31.7 Å². The molecule has 2 heterocycles. The quantitative estimate of drug-likeness (QED) is 0.354. The van der Waals surface area contributed by atoms with Gasteiger partial charge in [0.1, 0.15) is 0 Å². The Morgan fingerprint density at radius 2 is 2.00 bits per heavy atom. The third kappa shape index (κ3) is 3.55. The van der Waals surface area contributed by atoms with Crippen molar-refractivity contribution in [2.75, 3.05) is 30.0 Å². The highest BCUT2D eigenvalue weighted by Crippen LogP contribution is 2.44. The number of hydrogen-bond acceptors (Lipinski definition) is 8. The number of anilines is 2. The van der Waals surface area contributed by atoms with Crippen LogP contribution in [0.3, 0.4) is 0 Å². The molecule has 0 saturated carbocycles. The van der Waals surface area contributed by atoms with Gasteiger partial charge in [-0.2, -0.15) is 0 Å². The molecule has 26 heavy (non-hydrogen) atoms. The number of rotatable bonds is 6. The number of carbonyl (C=O) groups is 2. The number of aliphatic imine (C=N–C) groups is 1. The van der Waals surface area contributed by atoms with E-state index in [0.717, 1.165) is 28.0 Å². The zero-order valence-corrected chi connectivity index (χ0v) is 15.8. The molecule has 7 nitrogen and oxygen atoms in total. The van der Waals surface area contributed by atoms with E-state index < -0.39 is 11.9 Å². The monoisotopic (exact) mass is 375 g/mol. The predicted molar refractivity (Wildman–Crippen MR) is 102 cm³/mol. The maximum atomic E-state index is 12.0. The summed E-state index contributed by atoms with van der Waals surface area (Å²) in [5, 5.41) is 4.02. The topological polar surface area (TPSA) is 80.2 Å².